The minimum atomic E-state index is -1.98. The lowest BCUT2D eigenvalue weighted by Crippen LogP contribution is -2.36. The van der Waals surface area contributed by atoms with E-state index < -0.39 is 5.60 Å². The Bertz CT molecular complexity index is 521. The second-order valence-electron chi connectivity index (χ2n) is 5.09. The van der Waals surface area contributed by atoms with Gasteiger partial charge in [0.05, 0.1) is 6.10 Å². The van der Waals surface area contributed by atoms with Crippen molar-refractivity contribution in [2.45, 2.75) is 18.1 Å². The maximum atomic E-state index is 8.95. The highest BCUT2D eigenvalue weighted by Crippen LogP contribution is 2.53. The highest BCUT2D eigenvalue weighted by Gasteiger charge is 2.51. The van der Waals surface area contributed by atoms with Gasteiger partial charge in [0.1, 0.15) is 18.2 Å². The number of hydrogen-bond acceptors (Lipinski definition) is 4. The van der Waals surface area contributed by atoms with E-state index >= 15 is 0 Å². The van der Waals surface area contributed by atoms with Gasteiger partial charge >= 0.3 is 5.60 Å². The molecular formula is C14H11N3O. The van der Waals surface area contributed by atoms with Gasteiger partial charge in [0.25, 0.3) is 0 Å². The lowest BCUT2D eigenvalue weighted by molar-refractivity contribution is -0.00618. The fourth-order valence-corrected chi connectivity index (χ4v) is 3.47. The second kappa shape index (κ2) is 3.70. The Morgan fingerprint density at radius 3 is 2.28 bits per heavy atom. The van der Waals surface area contributed by atoms with Crippen molar-refractivity contribution in [2.75, 3.05) is 0 Å². The Morgan fingerprint density at radius 1 is 0.944 bits per heavy atom. The van der Waals surface area contributed by atoms with Crippen LogP contribution in [0, 0.1) is 57.7 Å². The summed E-state index contributed by atoms with van der Waals surface area (Å²) < 4.78 is 5.51. The number of ether oxygens (including phenoxy) is 1. The molecule has 1 fully saturated rings. The van der Waals surface area contributed by atoms with Crippen LogP contribution in [0.2, 0.25) is 0 Å². The fourth-order valence-electron chi connectivity index (χ4n) is 3.47. The number of fused-ring (bicyclic) bond motifs is 5. The van der Waals surface area contributed by atoms with Gasteiger partial charge in [0.2, 0.25) is 0 Å². The predicted octanol–water partition coefficient (Wildman–Crippen LogP) is 1.69. The topological polar surface area (TPSA) is 80.6 Å². The summed E-state index contributed by atoms with van der Waals surface area (Å²) in [6, 6.07) is 5.01. The van der Waals surface area contributed by atoms with Crippen LogP contribution in [0.25, 0.3) is 0 Å². The third kappa shape index (κ3) is 1.32. The van der Waals surface area contributed by atoms with Crippen LogP contribution in [-0.2, 0) is 4.74 Å². The molecule has 0 aliphatic heterocycles. The van der Waals surface area contributed by atoms with Crippen LogP contribution >= 0.6 is 0 Å². The lowest BCUT2D eigenvalue weighted by Gasteiger charge is -2.28. The first-order valence-electron chi connectivity index (χ1n) is 6.01. The zero-order valence-electron chi connectivity index (χ0n) is 9.65. The summed E-state index contributed by atoms with van der Waals surface area (Å²) in [4.78, 5) is 0. The smallest absolute Gasteiger partial charge is 0.329 e. The molecule has 0 heterocycles. The van der Waals surface area contributed by atoms with Crippen molar-refractivity contribution in [1.29, 1.82) is 15.8 Å². The Morgan fingerprint density at radius 2 is 1.61 bits per heavy atom. The van der Waals surface area contributed by atoms with Gasteiger partial charge in [-0.15, -0.1) is 0 Å². The normalized spacial score (nSPS) is 39.1. The number of rotatable bonds is 2. The van der Waals surface area contributed by atoms with E-state index in [0.717, 1.165) is 6.42 Å². The zero-order valence-corrected chi connectivity index (χ0v) is 9.65. The molecule has 0 aromatic heterocycles. The Hall–Kier alpha value is -2.09. The van der Waals surface area contributed by atoms with Crippen LogP contribution in [-0.4, -0.2) is 11.7 Å². The molecule has 5 atom stereocenters. The van der Waals surface area contributed by atoms with Crippen LogP contribution < -0.4 is 0 Å². The van der Waals surface area contributed by atoms with Gasteiger partial charge in [-0.1, -0.05) is 24.3 Å². The molecule has 4 nitrogen and oxygen atoms in total. The van der Waals surface area contributed by atoms with Crippen LogP contribution in [0.5, 0.6) is 0 Å². The summed E-state index contributed by atoms with van der Waals surface area (Å²) in [5.74, 6) is 1.74. The fraction of sp³-hybridized carbons (Fsp3) is 0.500. The van der Waals surface area contributed by atoms with E-state index in [1.807, 2.05) is 6.08 Å². The molecule has 18 heavy (non-hydrogen) atoms. The van der Waals surface area contributed by atoms with Gasteiger partial charge in [-0.2, -0.15) is 15.8 Å². The molecular weight excluding hydrogens is 226 g/mol. The van der Waals surface area contributed by atoms with Crippen molar-refractivity contribution < 1.29 is 4.74 Å². The lowest BCUT2D eigenvalue weighted by atomic mass is 9.84. The number of nitrogens with zero attached hydrogens (tertiary/aromatic N) is 3. The molecule has 1 saturated carbocycles. The van der Waals surface area contributed by atoms with Crippen LogP contribution in [0.4, 0.5) is 0 Å². The Labute approximate surface area is 105 Å². The molecule has 3 aliphatic rings. The molecule has 0 saturated heterocycles. The van der Waals surface area contributed by atoms with Gasteiger partial charge in [0, 0.05) is 5.92 Å². The molecule has 5 unspecified atom stereocenters. The summed E-state index contributed by atoms with van der Waals surface area (Å²) in [6.45, 7) is 0. The average molecular weight is 237 g/mol. The van der Waals surface area contributed by atoms with Gasteiger partial charge < -0.3 is 4.74 Å². The summed E-state index contributed by atoms with van der Waals surface area (Å²) in [5, 5.41) is 26.9. The molecule has 0 aromatic carbocycles. The highest BCUT2D eigenvalue weighted by molar-refractivity contribution is 5.32. The minimum absolute atomic E-state index is 0.287. The molecule has 0 N–H and O–H groups in total. The van der Waals surface area contributed by atoms with Gasteiger partial charge in [-0.05, 0) is 24.2 Å². The number of allylic oxidation sites excluding steroid dienone is 3. The quantitative estimate of drug-likeness (QED) is 0.684. The standard InChI is InChI=1S/C14H11N3O/c15-6-14(7-16,8-17)18-12-4-3-11-9-1-2-10(5-9)13(11)12/h1-4,9-13H,5H2. The zero-order chi connectivity index (χ0) is 12.8. The first-order chi connectivity index (χ1) is 8.73. The van der Waals surface area contributed by atoms with E-state index in [2.05, 4.69) is 18.2 Å². The molecule has 0 aromatic rings. The summed E-state index contributed by atoms with van der Waals surface area (Å²) >= 11 is 0. The molecule has 4 heteroatoms. The minimum Gasteiger partial charge on any atom is -0.329 e. The molecule has 3 aliphatic carbocycles. The second-order valence-corrected chi connectivity index (χ2v) is 5.09. The molecule has 3 rings (SSSR count). The maximum absolute atomic E-state index is 8.95. The van der Waals surface area contributed by atoms with E-state index in [1.165, 1.54) is 0 Å². The summed E-state index contributed by atoms with van der Waals surface area (Å²) in [6.07, 6.45) is 9.28. The highest BCUT2D eigenvalue weighted by atomic mass is 16.5. The SMILES string of the molecule is N#CC(C#N)(C#N)OC1C=CC2C3C=CC(C3)C12. The summed E-state index contributed by atoms with van der Waals surface area (Å²) in [5.41, 5.74) is -1.98. The number of hydrogen-bond donors (Lipinski definition) is 0. The number of nitriles is 3. The predicted molar refractivity (Wildman–Crippen MR) is 61.3 cm³/mol. The Kier molecular flexibility index (Phi) is 2.27. The average Bonchev–Trinajstić information content (AvgIpc) is 3.09. The van der Waals surface area contributed by atoms with Crippen molar-refractivity contribution >= 4 is 0 Å². The molecule has 0 radical (unpaired) electrons. The maximum Gasteiger partial charge on any atom is 0.329 e. The van der Waals surface area contributed by atoms with Crippen molar-refractivity contribution in [3.63, 3.8) is 0 Å². The molecule has 88 valence electrons. The van der Waals surface area contributed by atoms with Gasteiger partial charge in [0.15, 0.2) is 0 Å². The van der Waals surface area contributed by atoms with Crippen molar-refractivity contribution in [3.8, 4) is 18.2 Å². The van der Waals surface area contributed by atoms with Crippen molar-refractivity contribution in [1.82, 2.24) is 0 Å². The monoisotopic (exact) mass is 237 g/mol. The third-order valence-corrected chi connectivity index (χ3v) is 4.27. The Balaban J connectivity index is 1.83. The molecule has 2 bridgehead atoms. The van der Waals surface area contributed by atoms with Gasteiger partial charge in [-0.25, -0.2) is 0 Å². The van der Waals surface area contributed by atoms with E-state index in [4.69, 9.17) is 20.5 Å². The summed E-state index contributed by atoms with van der Waals surface area (Å²) in [7, 11) is 0. The van der Waals surface area contributed by atoms with Crippen LogP contribution in [0.1, 0.15) is 6.42 Å². The first-order valence-corrected chi connectivity index (χ1v) is 6.01. The van der Waals surface area contributed by atoms with Crippen LogP contribution in [0.3, 0.4) is 0 Å². The van der Waals surface area contributed by atoms with Crippen molar-refractivity contribution in [2.24, 2.45) is 23.7 Å². The van der Waals surface area contributed by atoms with Crippen LogP contribution in [0.15, 0.2) is 24.3 Å². The van der Waals surface area contributed by atoms with Crippen molar-refractivity contribution in [3.05, 3.63) is 24.3 Å². The molecule has 0 spiro atoms. The first kappa shape index (κ1) is 11.0. The van der Waals surface area contributed by atoms with E-state index in [-0.39, 0.29) is 12.0 Å². The van der Waals surface area contributed by atoms with E-state index in [0.29, 0.717) is 17.8 Å². The van der Waals surface area contributed by atoms with E-state index in [1.54, 1.807) is 18.2 Å². The van der Waals surface area contributed by atoms with Gasteiger partial charge in [-0.3, -0.25) is 0 Å². The molecule has 0 amide bonds. The largest absolute Gasteiger partial charge is 0.329 e. The van der Waals surface area contributed by atoms with E-state index in [9.17, 15) is 0 Å². The third-order valence-electron chi connectivity index (χ3n) is 4.27.